The SMILES string of the molecule is COC(=O)c1ccc(CS(=O)[O-])cc1. The first-order valence-electron chi connectivity index (χ1n) is 3.86. The molecule has 0 heterocycles. The summed E-state index contributed by atoms with van der Waals surface area (Å²) in [6, 6.07) is 6.24. The second-order valence-electron chi connectivity index (χ2n) is 2.64. The maximum Gasteiger partial charge on any atom is 0.337 e. The number of benzene rings is 1. The van der Waals surface area contributed by atoms with Crippen LogP contribution in [-0.2, 0) is 21.6 Å². The van der Waals surface area contributed by atoms with E-state index in [1.165, 1.54) is 19.2 Å². The molecular formula is C9H9O4S-. The van der Waals surface area contributed by atoms with Crippen molar-refractivity contribution in [1.29, 1.82) is 0 Å². The zero-order valence-electron chi connectivity index (χ0n) is 7.56. The van der Waals surface area contributed by atoms with Crippen molar-refractivity contribution < 1.29 is 18.3 Å². The fourth-order valence-electron chi connectivity index (χ4n) is 0.991. The number of hydrogen-bond acceptors (Lipinski definition) is 4. The van der Waals surface area contributed by atoms with Crippen molar-refractivity contribution in [2.45, 2.75) is 5.75 Å². The van der Waals surface area contributed by atoms with E-state index in [0.29, 0.717) is 11.1 Å². The average Bonchev–Trinajstić information content (AvgIpc) is 2.17. The monoisotopic (exact) mass is 213 g/mol. The van der Waals surface area contributed by atoms with Crippen LogP contribution in [0.2, 0.25) is 0 Å². The van der Waals surface area contributed by atoms with Gasteiger partial charge in [0.1, 0.15) is 0 Å². The smallest absolute Gasteiger partial charge is 0.337 e. The molecule has 5 heteroatoms. The fraction of sp³-hybridized carbons (Fsp3) is 0.222. The van der Waals surface area contributed by atoms with E-state index < -0.39 is 17.0 Å². The molecule has 0 radical (unpaired) electrons. The van der Waals surface area contributed by atoms with E-state index in [-0.39, 0.29) is 5.75 Å². The Hall–Kier alpha value is -1.20. The van der Waals surface area contributed by atoms with Crippen LogP contribution in [0.25, 0.3) is 0 Å². The summed E-state index contributed by atoms with van der Waals surface area (Å²) in [5.41, 5.74) is 1.05. The van der Waals surface area contributed by atoms with E-state index >= 15 is 0 Å². The summed E-state index contributed by atoms with van der Waals surface area (Å²) in [4.78, 5) is 11.0. The van der Waals surface area contributed by atoms with E-state index in [1.807, 2.05) is 0 Å². The molecule has 0 bridgehead atoms. The van der Waals surface area contributed by atoms with E-state index in [1.54, 1.807) is 12.1 Å². The number of ether oxygens (including phenoxy) is 1. The predicted molar refractivity (Wildman–Crippen MR) is 50.4 cm³/mol. The summed E-state index contributed by atoms with van der Waals surface area (Å²) in [5.74, 6) is -0.471. The third-order valence-electron chi connectivity index (χ3n) is 1.66. The van der Waals surface area contributed by atoms with Crippen molar-refractivity contribution in [2.24, 2.45) is 0 Å². The van der Waals surface area contributed by atoms with Crippen molar-refractivity contribution in [3.05, 3.63) is 35.4 Å². The van der Waals surface area contributed by atoms with E-state index in [0.717, 1.165) is 0 Å². The Morgan fingerprint density at radius 3 is 2.43 bits per heavy atom. The molecule has 0 spiro atoms. The molecule has 0 saturated heterocycles. The van der Waals surface area contributed by atoms with Gasteiger partial charge in [0.25, 0.3) is 0 Å². The van der Waals surface area contributed by atoms with Gasteiger partial charge in [0.05, 0.1) is 12.7 Å². The molecule has 1 aromatic carbocycles. The molecule has 76 valence electrons. The standard InChI is InChI=1S/C9H10O4S/c1-13-9(10)8-4-2-7(3-5-8)6-14(11)12/h2-5H,6H2,1H3,(H,11,12)/p-1. The molecule has 1 unspecified atom stereocenters. The zero-order valence-corrected chi connectivity index (χ0v) is 8.37. The topological polar surface area (TPSA) is 66.4 Å². The number of carbonyl (C=O) groups excluding carboxylic acids is 1. The van der Waals surface area contributed by atoms with Crippen LogP contribution in [0.1, 0.15) is 15.9 Å². The molecule has 1 aromatic rings. The van der Waals surface area contributed by atoms with Gasteiger partial charge in [0.2, 0.25) is 0 Å². The van der Waals surface area contributed by atoms with Crippen LogP contribution in [0, 0.1) is 0 Å². The van der Waals surface area contributed by atoms with Crippen molar-refractivity contribution in [2.75, 3.05) is 7.11 Å². The molecule has 0 aliphatic rings. The van der Waals surface area contributed by atoms with Crippen LogP contribution in [0.15, 0.2) is 24.3 Å². The van der Waals surface area contributed by atoms with Crippen molar-refractivity contribution >= 4 is 17.0 Å². The first-order chi connectivity index (χ1) is 6.63. The Balaban J connectivity index is 2.78. The Morgan fingerprint density at radius 2 is 2.00 bits per heavy atom. The third kappa shape index (κ3) is 2.93. The summed E-state index contributed by atoms with van der Waals surface area (Å²) in [6.45, 7) is 0. The normalized spacial score (nSPS) is 12.1. The summed E-state index contributed by atoms with van der Waals surface area (Å²) < 4.78 is 25.2. The lowest BCUT2D eigenvalue weighted by Gasteiger charge is -2.05. The highest BCUT2D eigenvalue weighted by Crippen LogP contribution is 2.07. The highest BCUT2D eigenvalue weighted by Gasteiger charge is 2.03. The van der Waals surface area contributed by atoms with Gasteiger partial charge in [-0.2, -0.15) is 0 Å². The molecule has 0 aliphatic carbocycles. The number of hydrogen-bond donors (Lipinski definition) is 0. The van der Waals surface area contributed by atoms with Crippen LogP contribution < -0.4 is 0 Å². The van der Waals surface area contributed by atoms with Gasteiger partial charge in [-0.05, 0) is 17.7 Å². The van der Waals surface area contributed by atoms with Gasteiger partial charge in [-0.3, -0.25) is 4.21 Å². The number of methoxy groups -OCH3 is 1. The van der Waals surface area contributed by atoms with Gasteiger partial charge in [-0.15, -0.1) is 0 Å². The Morgan fingerprint density at radius 1 is 1.43 bits per heavy atom. The molecule has 0 amide bonds. The second-order valence-corrected chi connectivity index (χ2v) is 3.53. The van der Waals surface area contributed by atoms with E-state index in [2.05, 4.69) is 4.74 Å². The van der Waals surface area contributed by atoms with Crippen LogP contribution in [0.3, 0.4) is 0 Å². The van der Waals surface area contributed by atoms with Crippen molar-refractivity contribution in [3.63, 3.8) is 0 Å². The molecule has 1 atom stereocenters. The second kappa shape index (κ2) is 4.88. The van der Waals surface area contributed by atoms with Gasteiger partial charge in [0.15, 0.2) is 0 Å². The zero-order chi connectivity index (χ0) is 10.6. The minimum atomic E-state index is -2.10. The van der Waals surface area contributed by atoms with Gasteiger partial charge >= 0.3 is 5.97 Å². The predicted octanol–water partition coefficient (Wildman–Crippen LogP) is 0.852. The van der Waals surface area contributed by atoms with E-state index in [9.17, 15) is 13.6 Å². The lowest BCUT2D eigenvalue weighted by Crippen LogP contribution is -2.01. The fourth-order valence-corrected chi connectivity index (χ4v) is 1.46. The minimum absolute atomic E-state index is 0.0402. The highest BCUT2D eigenvalue weighted by molar-refractivity contribution is 7.78. The summed E-state index contributed by atoms with van der Waals surface area (Å²) in [5, 5.41) is 0. The van der Waals surface area contributed by atoms with Crippen LogP contribution in [-0.4, -0.2) is 21.8 Å². The molecule has 1 rings (SSSR count). The van der Waals surface area contributed by atoms with Crippen LogP contribution in [0.5, 0.6) is 0 Å². The average molecular weight is 213 g/mol. The minimum Gasteiger partial charge on any atom is -0.772 e. The molecule has 0 fully saturated rings. The summed E-state index contributed by atoms with van der Waals surface area (Å²) in [6.07, 6.45) is 0. The molecule has 0 N–H and O–H groups in total. The van der Waals surface area contributed by atoms with E-state index in [4.69, 9.17) is 0 Å². The first kappa shape index (κ1) is 10.9. The molecule has 0 aromatic heterocycles. The highest BCUT2D eigenvalue weighted by atomic mass is 32.2. The van der Waals surface area contributed by atoms with Crippen molar-refractivity contribution in [1.82, 2.24) is 0 Å². The largest absolute Gasteiger partial charge is 0.772 e. The Kier molecular flexibility index (Phi) is 3.79. The first-order valence-corrected chi connectivity index (χ1v) is 5.11. The van der Waals surface area contributed by atoms with Crippen LogP contribution >= 0.6 is 0 Å². The molecule has 0 aliphatic heterocycles. The molecular weight excluding hydrogens is 204 g/mol. The molecule has 0 saturated carbocycles. The van der Waals surface area contributed by atoms with Crippen LogP contribution in [0.4, 0.5) is 0 Å². The van der Waals surface area contributed by atoms with Gasteiger partial charge in [-0.25, -0.2) is 4.79 Å². The number of rotatable bonds is 3. The Bertz CT molecular complexity index is 344. The van der Waals surface area contributed by atoms with Gasteiger partial charge in [-0.1, -0.05) is 23.2 Å². The summed E-state index contributed by atoms with van der Waals surface area (Å²) >= 11 is -2.10. The maximum atomic E-state index is 11.0. The quantitative estimate of drug-likeness (QED) is 0.551. The van der Waals surface area contributed by atoms with Gasteiger partial charge < -0.3 is 9.29 Å². The van der Waals surface area contributed by atoms with Gasteiger partial charge in [0, 0.05) is 5.75 Å². The van der Waals surface area contributed by atoms with Crippen molar-refractivity contribution in [3.8, 4) is 0 Å². The maximum absolute atomic E-state index is 11.0. The third-order valence-corrected chi connectivity index (χ3v) is 2.23. The summed E-state index contributed by atoms with van der Waals surface area (Å²) in [7, 11) is 1.29. The lowest BCUT2D eigenvalue weighted by molar-refractivity contribution is 0.0600. The molecule has 14 heavy (non-hydrogen) atoms. The molecule has 4 nitrogen and oxygen atoms in total. The Labute approximate surface area is 84.2 Å². The lowest BCUT2D eigenvalue weighted by atomic mass is 10.1. The number of carbonyl (C=O) groups is 1. The number of esters is 1.